The van der Waals surface area contributed by atoms with Crippen LogP contribution < -0.4 is 10.1 Å². The summed E-state index contributed by atoms with van der Waals surface area (Å²) in [6, 6.07) is 4.41. The number of hydrogen-bond donors (Lipinski definition) is 1. The summed E-state index contributed by atoms with van der Waals surface area (Å²) >= 11 is 5.66. The molecule has 1 atom stereocenters. The molecule has 1 rings (SSSR count). The van der Waals surface area contributed by atoms with E-state index in [1.807, 2.05) is 0 Å². The summed E-state index contributed by atoms with van der Waals surface area (Å²) in [5.41, 5.74) is 0. The van der Waals surface area contributed by atoms with Crippen molar-refractivity contribution in [2.24, 2.45) is 5.92 Å². The molecule has 0 saturated heterocycles. The van der Waals surface area contributed by atoms with Crippen molar-refractivity contribution >= 4 is 11.6 Å². The Hall–Kier alpha value is -0.800. The molecule has 0 spiro atoms. The largest absolute Gasteiger partial charge is 0.493 e. The van der Waals surface area contributed by atoms with Gasteiger partial charge in [0, 0.05) is 18.5 Å². The second kappa shape index (κ2) is 7.51. The Morgan fingerprint density at radius 2 is 2.24 bits per heavy atom. The van der Waals surface area contributed by atoms with Crippen LogP contribution in [0, 0.1) is 11.7 Å². The van der Waals surface area contributed by atoms with Gasteiger partial charge in [-0.3, -0.25) is 0 Å². The van der Waals surface area contributed by atoms with Crippen LogP contribution in [0.2, 0.25) is 5.02 Å². The van der Waals surface area contributed by atoms with Crippen molar-refractivity contribution in [2.45, 2.75) is 20.3 Å². The molecule has 1 N–H and O–H groups in total. The van der Waals surface area contributed by atoms with Crippen molar-refractivity contribution < 1.29 is 9.13 Å². The molecule has 0 bridgehead atoms. The molecule has 0 saturated carbocycles. The monoisotopic (exact) mass is 259 g/mol. The molecular formula is C13H19ClFNO. The van der Waals surface area contributed by atoms with Crippen LogP contribution in [0.1, 0.15) is 20.3 Å². The molecule has 0 fully saturated rings. The first kappa shape index (κ1) is 14.3. The number of rotatable bonds is 7. The van der Waals surface area contributed by atoms with E-state index < -0.39 is 5.82 Å². The first-order valence-electron chi connectivity index (χ1n) is 5.92. The van der Waals surface area contributed by atoms with Gasteiger partial charge in [-0.25, -0.2) is 4.39 Å². The van der Waals surface area contributed by atoms with Crippen molar-refractivity contribution in [2.75, 3.05) is 19.7 Å². The first-order valence-corrected chi connectivity index (χ1v) is 6.29. The first-order chi connectivity index (χ1) is 8.13. The fourth-order valence-corrected chi connectivity index (χ4v) is 1.56. The summed E-state index contributed by atoms with van der Waals surface area (Å²) in [6.45, 7) is 6.77. The van der Waals surface area contributed by atoms with Gasteiger partial charge in [0.25, 0.3) is 0 Å². The van der Waals surface area contributed by atoms with Gasteiger partial charge >= 0.3 is 0 Å². The Morgan fingerprint density at radius 1 is 1.47 bits per heavy atom. The highest BCUT2D eigenvalue weighted by Crippen LogP contribution is 2.21. The Morgan fingerprint density at radius 3 is 2.88 bits per heavy atom. The maximum absolute atomic E-state index is 12.9. The number of halogens is 2. The van der Waals surface area contributed by atoms with Gasteiger partial charge in [-0.1, -0.05) is 25.4 Å². The van der Waals surface area contributed by atoms with E-state index in [9.17, 15) is 4.39 Å². The predicted octanol–water partition coefficient (Wildman–Crippen LogP) is 3.49. The topological polar surface area (TPSA) is 21.3 Å². The summed E-state index contributed by atoms with van der Waals surface area (Å²) < 4.78 is 18.4. The zero-order valence-electron chi connectivity index (χ0n) is 10.3. The molecule has 0 amide bonds. The molecule has 0 aliphatic heterocycles. The minimum atomic E-state index is -0.420. The molecule has 0 aliphatic carbocycles. The highest BCUT2D eigenvalue weighted by molar-refractivity contribution is 6.30. The van der Waals surface area contributed by atoms with Gasteiger partial charge in [0.05, 0.1) is 11.6 Å². The zero-order chi connectivity index (χ0) is 12.7. The molecule has 2 nitrogen and oxygen atoms in total. The molecular weight excluding hydrogens is 241 g/mol. The van der Waals surface area contributed by atoms with Gasteiger partial charge in [0.15, 0.2) is 0 Å². The summed E-state index contributed by atoms with van der Waals surface area (Å²) in [6.07, 6.45) is 1.13. The maximum atomic E-state index is 12.9. The molecule has 1 aromatic rings. The maximum Gasteiger partial charge on any atom is 0.142 e. The predicted molar refractivity (Wildman–Crippen MR) is 69.2 cm³/mol. The van der Waals surface area contributed by atoms with Crippen molar-refractivity contribution in [3.8, 4) is 5.75 Å². The Labute approximate surface area is 107 Å². The third-order valence-corrected chi connectivity index (χ3v) is 2.63. The fraction of sp³-hybridized carbons (Fsp3) is 0.538. The molecule has 4 heteroatoms. The van der Waals surface area contributed by atoms with E-state index in [0.29, 0.717) is 18.3 Å². The number of benzene rings is 1. The number of ether oxygens (including phenoxy) is 1. The smallest absolute Gasteiger partial charge is 0.142 e. The molecule has 1 unspecified atom stereocenters. The average molecular weight is 260 g/mol. The van der Waals surface area contributed by atoms with Gasteiger partial charge in [-0.2, -0.15) is 0 Å². The van der Waals surface area contributed by atoms with Gasteiger partial charge in [0.2, 0.25) is 0 Å². The van der Waals surface area contributed by atoms with Crippen LogP contribution in [-0.2, 0) is 0 Å². The van der Waals surface area contributed by atoms with Crippen LogP contribution in [-0.4, -0.2) is 19.7 Å². The van der Waals surface area contributed by atoms with Crippen LogP contribution >= 0.6 is 11.6 Å². The van der Waals surface area contributed by atoms with Crippen LogP contribution in [0.15, 0.2) is 18.2 Å². The number of nitrogens with one attached hydrogen (secondary N) is 1. The van der Waals surface area contributed by atoms with Crippen LogP contribution in [0.5, 0.6) is 5.75 Å². The van der Waals surface area contributed by atoms with Crippen LogP contribution in [0.4, 0.5) is 4.39 Å². The normalized spacial score (nSPS) is 12.5. The Kier molecular flexibility index (Phi) is 6.30. The lowest BCUT2D eigenvalue weighted by molar-refractivity contribution is 0.255. The van der Waals surface area contributed by atoms with Crippen molar-refractivity contribution in [3.05, 3.63) is 29.0 Å². The van der Waals surface area contributed by atoms with E-state index in [1.54, 1.807) is 6.07 Å². The number of hydrogen-bond acceptors (Lipinski definition) is 2. The summed E-state index contributed by atoms with van der Waals surface area (Å²) in [5, 5.41) is 3.42. The Balaban J connectivity index is 2.31. The zero-order valence-corrected chi connectivity index (χ0v) is 11.1. The minimum Gasteiger partial charge on any atom is -0.493 e. The van der Waals surface area contributed by atoms with Crippen LogP contribution in [0.25, 0.3) is 0 Å². The third-order valence-electron chi connectivity index (χ3n) is 2.35. The fourth-order valence-electron chi connectivity index (χ4n) is 1.39. The highest BCUT2D eigenvalue weighted by Gasteiger charge is 2.05. The van der Waals surface area contributed by atoms with Crippen molar-refractivity contribution in [1.29, 1.82) is 0 Å². The van der Waals surface area contributed by atoms with Gasteiger partial charge in [-0.15, -0.1) is 0 Å². The van der Waals surface area contributed by atoms with E-state index in [0.717, 1.165) is 19.5 Å². The summed E-state index contributed by atoms with van der Waals surface area (Å²) in [4.78, 5) is 0. The molecule has 0 aromatic heterocycles. The second-order valence-corrected chi connectivity index (χ2v) is 4.60. The lowest BCUT2D eigenvalue weighted by Gasteiger charge is -2.13. The van der Waals surface area contributed by atoms with Gasteiger partial charge in [0.1, 0.15) is 11.6 Å². The van der Waals surface area contributed by atoms with E-state index in [2.05, 4.69) is 19.2 Å². The minimum absolute atomic E-state index is 0.0965. The second-order valence-electron chi connectivity index (χ2n) is 4.20. The quantitative estimate of drug-likeness (QED) is 0.757. The lowest BCUT2D eigenvalue weighted by Crippen LogP contribution is -2.25. The standard InChI is InChI=1S/C13H19ClFNO/c1-3-6-16-8-10(2)9-17-11-4-5-13(15)12(14)7-11/h4-5,7,10,16H,3,6,8-9H2,1-2H3. The third kappa shape index (κ3) is 5.37. The van der Waals surface area contributed by atoms with Crippen LogP contribution in [0.3, 0.4) is 0 Å². The summed E-state index contributed by atoms with van der Waals surface area (Å²) in [5.74, 6) is 0.598. The molecule has 0 radical (unpaired) electrons. The van der Waals surface area contributed by atoms with E-state index in [1.165, 1.54) is 12.1 Å². The molecule has 1 aromatic carbocycles. The van der Waals surface area contributed by atoms with Crippen molar-refractivity contribution in [1.82, 2.24) is 5.32 Å². The lowest BCUT2D eigenvalue weighted by atomic mass is 10.2. The average Bonchev–Trinajstić information content (AvgIpc) is 2.31. The van der Waals surface area contributed by atoms with E-state index in [-0.39, 0.29) is 5.02 Å². The van der Waals surface area contributed by atoms with Crippen molar-refractivity contribution in [3.63, 3.8) is 0 Å². The SMILES string of the molecule is CCCNCC(C)COc1ccc(F)c(Cl)c1. The van der Waals surface area contributed by atoms with E-state index in [4.69, 9.17) is 16.3 Å². The highest BCUT2D eigenvalue weighted by atomic mass is 35.5. The van der Waals surface area contributed by atoms with Gasteiger partial charge in [-0.05, 0) is 25.1 Å². The summed E-state index contributed by atoms with van der Waals surface area (Å²) in [7, 11) is 0. The molecule has 96 valence electrons. The molecule has 17 heavy (non-hydrogen) atoms. The molecule has 0 heterocycles. The Bertz CT molecular complexity index is 346. The van der Waals surface area contributed by atoms with Gasteiger partial charge < -0.3 is 10.1 Å². The molecule has 0 aliphatic rings. The van der Waals surface area contributed by atoms with E-state index >= 15 is 0 Å².